The summed E-state index contributed by atoms with van der Waals surface area (Å²) in [5, 5.41) is 22.9. The fraction of sp³-hybridized carbons (Fsp3) is 0.325. The van der Waals surface area contributed by atoms with Gasteiger partial charge in [0.25, 0.3) is 0 Å². The van der Waals surface area contributed by atoms with Gasteiger partial charge >= 0.3 is 5.97 Å². The molecule has 0 aliphatic carbocycles. The number of amides is 1. The number of hydrogen-bond donors (Lipinski definition) is 3. The number of piperidine rings is 1. The Kier molecular flexibility index (Phi) is 10.6. The molecule has 7 rings (SSSR count). The lowest BCUT2D eigenvalue weighted by Gasteiger charge is -2.30. The molecule has 1 amide bonds. The number of aromatic nitrogens is 2. The Hall–Kier alpha value is -4.41. The zero-order chi connectivity index (χ0) is 35.5. The molecule has 11 heteroatoms. The Balaban J connectivity index is 1.07. The third-order valence-corrected chi connectivity index (χ3v) is 10.9. The van der Waals surface area contributed by atoms with Crippen LogP contribution >= 0.6 is 23.2 Å². The van der Waals surface area contributed by atoms with Crippen LogP contribution in [-0.2, 0) is 29.2 Å². The molecule has 51 heavy (non-hydrogen) atoms. The maximum atomic E-state index is 11.5. The highest BCUT2D eigenvalue weighted by Gasteiger charge is 2.25. The number of carboxylic acid groups (broad SMARTS) is 1. The van der Waals surface area contributed by atoms with E-state index in [2.05, 4.69) is 51.9 Å². The standard InChI is InChI=1S/C40H41Cl2N5O4/c1-51-37-19-28(35(41)18-29(37)23-46-16-14-27(15-17-46)40(49)50)24-47-36-7-3-5-32(34(36)22-44-47)33-6-2-4-31(39(33)42)26-10-8-25(9-11-26)20-43-21-30-12-13-38(48)45-30/h2-11,18-19,22,27,30,43H,12-17,20-21,23-24H2,1H3,(H,45,48)(H,49,50)/t30-/m0/s1. The van der Waals surface area contributed by atoms with Crippen LogP contribution in [0.3, 0.4) is 0 Å². The summed E-state index contributed by atoms with van der Waals surface area (Å²) in [5.41, 5.74) is 7.91. The predicted molar refractivity (Wildman–Crippen MR) is 201 cm³/mol. The van der Waals surface area contributed by atoms with Crippen molar-refractivity contribution in [3.05, 3.63) is 106 Å². The quantitative estimate of drug-likeness (QED) is 0.123. The van der Waals surface area contributed by atoms with E-state index in [1.54, 1.807) is 7.11 Å². The molecule has 1 atom stereocenters. The van der Waals surface area contributed by atoms with Gasteiger partial charge in [-0.2, -0.15) is 5.10 Å². The number of likely N-dealkylation sites (tertiary alicyclic amines) is 1. The van der Waals surface area contributed by atoms with Crippen molar-refractivity contribution in [2.24, 2.45) is 5.92 Å². The maximum Gasteiger partial charge on any atom is 0.306 e. The molecule has 0 bridgehead atoms. The molecule has 0 unspecified atom stereocenters. The molecule has 0 saturated carbocycles. The van der Waals surface area contributed by atoms with E-state index in [9.17, 15) is 14.7 Å². The van der Waals surface area contributed by atoms with Gasteiger partial charge in [0.1, 0.15) is 5.75 Å². The molecule has 3 N–H and O–H groups in total. The van der Waals surface area contributed by atoms with Gasteiger partial charge in [0, 0.05) is 59.2 Å². The van der Waals surface area contributed by atoms with E-state index in [4.69, 9.17) is 33.0 Å². The number of fused-ring (bicyclic) bond motifs is 1. The molecule has 0 radical (unpaired) electrons. The highest BCUT2D eigenvalue weighted by molar-refractivity contribution is 6.36. The lowest BCUT2D eigenvalue weighted by Crippen LogP contribution is -2.35. The van der Waals surface area contributed by atoms with Crippen molar-refractivity contribution < 1.29 is 19.4 Å². The number of hydrogen-bond acceptors (Lipinski definition) is 6. The number of rotatable bonds is 12. The monoisotopic (exact) mass is 725 g/mol. The molecule has 2 aliphatic heterocycles. The van der Waals surface area contributed by atoms with Crippen molar-refractivity contribution in [2.45, 2.75) is 51.4 Å². The van der Waals surface area contributed by atoms with E-state index in [1.807, 2.05) is 47.3 Å². The summed E-state index contributed by atoms with van der Waals surface area (Å²) in [4.78, 5) is 25.1. The number of aliphatic carboxylic acids is 1. The Morgan fingerprint density at radius 1 is 0.961 bits per heavy atom. The lowest BCUT2D eigenvalue weighted by atomic mass is 9.96. The molecule has 9 nitrogen and oxygen atoms in total. The number of ether oxygens (including phenoxy) is 1. The zero-order valence-electron chi connectivity index (χ0n) is 28.5. The van der Waals surface area contributed by atoms with Crippen LogP contribution in [0.1, 0.15) is 42.4 Å². The second kappa shape index (κ2) is 15.5. The molecule has 4 aromatic carbocycles. The molecular weight excluding hydrogens is 685 g/mol. The zero-order valence-corrected chi connectivity index (χ0v) is 30.0. The summed E-state index contributed by atoms with van der Waals surface area (Å²) in [5.74, 6) is -0.106. The van der Waals surface area contributed by atoms with Gasteiger partial charge in [-0.3, -0.25) is 19.2 Å². The van der Waals surface area contributed by atoms with Gasteiger partial charge in [-0.05, 0) is 72.8 Å². The van der Waals surface area contributed by atoms with E-state index in [0.717, 1.165) is 88.2 Å². The van der Waals surface area contributed by atoms with Gasteiger partial charge < -0.3 is 20.5 Å². The van der Waals surface area contributed by atoms with Gasteiger partial charge in [0.2, 0.25) is 5.91 Å². The van der Waals surface area contributed by atoms with Gasteiger partial charge in [0.05, 0.1) is 36.3 Å². The smallest absolute Gasteiger partial charge is 0.306 e. The molecule has 2 fully saturated rings. The molecule has 3 heterocycles. The molecule has 264 valence electrons. The van der Waals surface area contributed by atoms with Crippen molar-refractivity contribution in [3.8, 4) is 28.0 Å². The largest absolute Gasteiger partial charge is 0.496 e. The highest BCUT2D eigenvalue weighted by atomic mass is 35.5. The van der Waals surface area contributed by atoms with Crippen molar-refractivity contribution in [1.82, 2.24) is 25.3 Å². The van der Waals surface area contributed by atoms with Crippen molar-refractivity contribution in [1.29, 1.82) is 0 Å². The van der Waals surface area contributed by atoms with Crippen LogP contribution < -0.4 is 15.4 Å². The number of benzene rings is 4. The van der Waals surface area contributed by atoms with Gasteiger partial charge in [-0.1, -0.05) is 77.8 Å². The summed E-state index contributed by atoms with van der Waals surface area (Å²) in [6.45, 7) is 4.03. The van der Waals surface area contributed by atoms with Crippen LogP contribution in [0, 0.1) is 5.92 Å². The Labute approximate surface area is 307 Å². The number of carboxylic acids is 1. The number of methoxy groups -OCH3 is 1. The first-order valence-electron chi connectivity index (χ1n) is 17.4. The molecule has 0 spiro atoms. The minimum absolute atomic E-state index is 0.133. The molecule has 1 aromatic heterocycles. The second-order valence-corrected chi connectivity index (χ2v) is 14.3. The summed E-state index contributed by atoms with van der Waals surface area (Å²) in [6, 6.07) is 24.8. The summed E-state index contributed by atoms with van der Waals surface area (Å²) in [7, 11) is 1.66. The van der Waals surface area contributed by atoms with Crippen LogP contribution in [0.25, 0.3) is 33.2 Å². The van der Waals surface area contributed by atoms with E-state index < -0.39 is 5.97 Å². The van der Waals surface area contributed by atoms with Crippen molar-refractivity contribution in [3.63, 3.8) is 0 Å². The lowest BCUT2D eigenvalue weighted by molar-refractivity contribution is -0.143. The van der Waals surface area contributed by atoms with E-state index in [1.165, 1.54) is 0 Å². The van der Waals surface area contributed by atoms with Crippen LogP contribution in [0.2, 0.25) is 10.0 Å². The third kappa shape index (κ3) is 7.77. The minimum atomic E-state index is -0.713. The molecular formula is C40H41Cl2N5O4. The van der Waals surface area contributed by atoms with Crippen molar-refractivity contribution >= 4 is 46.0 Å². The van der Waals surface area contributed by atoms with E-state index >= 15 is 0 Å². The van der Waals surface area contributed by atoms with Gasteiger partial charge in [-0.15, -0.1) is 0 Å². The summed E-state index contributed by atoms with van der Waals surface area (Å²) >= 11 is 14.0. The number of nitrogens with one attached hydrogen (secondary N) is 2. The fourth-order valence-corrected chi connectivity index (χ4v) is 7.85. The average molecular weight is 727 g/mol. The number of nitrogens with zero attached hydrogens (tertiary/aromatic N) is 3. The molecule has 2 aliphatic rings. The summed E-state index contributed by atoms with van der Waals surface area (Å²) in [6.07, 6.45) is 4.66. The SMILES string of the molecule is COc1cc(Cn2ncc3c(-c4cccc(-c5ccc(CNC[C@@H]6CCC(=O)N6)cc5)c4Cl)cccc32)c(Cl)cc1CN1CCC(C(=O)O)CC1. The minimum Gasteiger partial charge on any atom is -0.496 e. The number of halogens is 2. The second-order valence-electron chi connectivity index (χ2n) is 13.5. The molecule has 5 aromatic rings. The van der Waals surface area contributed by atoms with E-state index in [-0.39, 0.29) is 17.9 Å². The Bertz CT molecular complexity index is 2060. The Morgan fingerprint density at radius 3 is 2.43 bits per heavy atom. The number of carbonyl (C=O) groups excluding carboxylic acids is 1. The number of carbonyl (C=O) groups is 2. The fourth-order valence-electron chi connectivity index (χ4n) is 7.26. The van der Waals surface area contributed by atoms with Crippen LogP contribution in [0.5, 0.6) is 5.75 Å². The average Bonchev–Trinajstić information content (AvgIpc) is 3.75. The first-order valence-corrected chi connectivity index (χ1v) is 18.2. The Morgan fingerprint density at radius 2 is 1.71 bits per heavy atom. The molecule has 2 saturated heterocycles. The van der Waals surface area contributed by atoms with Gasteiger partial charge in [0.15, 0.2) is 0 Å². The topological polar surface area (TPSA) is 109 Å². The van der Waals surface area contributed by atoms with Crippen LogP contribution in [0.15, 0.2) is 79.0 Å². The van der Waals surface area contributed by atoms with Crippen LogP contribution in [0.4, 0.5) is 0 Å². The van der Waals surface area contributed by atoms with Crippen LogP contribution in [-0.4, -0.2) is 64.4 Å². The van der Waals surface area contributed by atoms with Crippen molar-refractivity contribution in [2.75, 3.05) is 26.7 Å². The maximum absolute atomic E-state index is 11.5. The normalized spacial score (nSPS) is 16.8. The van der Waals surface area contributed by atoms with E-state index in [0.29, 0.717) is 42.4 Å². The first kappa shape index (κ1) is 35.0. The van der Waals surface area contributed by atoms with Gasteiger partial charge in [-0.25, -0.2) is 0 Å². The third-order valence-electron chi connectivity index (χ3n) is 10.1. The first-order chi connectivity index (χ1) is 24.8. The predicted octanol–water partition coefficient (Wildman–Crippen LogP) is 7.40. The summed E-state index contributed by atoms with van der Waals surface area (Å²) < 4.78 is 7.74. The highest BCUT2D eigenvalue weighted by Crippen LogP contribution is 2.39.